The van der Waals surface area contributed by atoms with Gasteiger partial charge in [-0.3, -0.25) is 0 Å². The Labute approximate surface area is 153 Å². The first-order valence-electron chi connectivity index (χ1n) is 8.13. The molecule has 0 saturated carbocycles. The molecule has 0 bridgehead atoms. The topological polar surface area (TPSA) is 89.0 Å². The van der Waals surface area contributed by atoms with Gasteiger partial charge < -0.3 is 14.3 Å². The minimum absolute atomic E-state index is 0.284. The lowest BCUT2D eigenvalue weighted by Gasteiger charge is -2.31. The highest BCUT2D eigenvalue weighted by molar-refractivity contribution is 9.10. The average molecular weight is 407 g/mol. The molecule has 4 heterocycles. The van der Waals surface area contributed by atoms with Gasteiger partial charge >= 0.3 is 0 Å². The van der Waals surface area contributed by atoms with E-state index in [9.17, 15) is 0 Å². The van der Waals surface area contributed by atoms with Gasteiger partial charge in [-0.25, -0.2) is 14.6 Å². The van der Waals surface area contributed by atoms with Crippen LogP contribution in [0.1, 0.15) is 24.7 Å². The minimum Gasteiger partial charge on any atom is -0.356 e. The van der Waals surface area contributed by atoms with Crippen molar-refractivity contribution in [2.24, 2.45) is 7.05 Å². The molecule has 4 rings (SSSR count). The van der Waals surface area contributed by atoms with E-state index in [2.05, 4.69) is 46.0 Å². The fourth-order valence-electron chi connectivity index (χ4n) is 3.18. The fourth-order valence-corrected chi connectivity index (χ4v) is 3.77. The minimum atomic E-state index is 0.284. The highest BCUT2D eigenvalue weighted by Crippen LogP contribution is 2.34. The summed E-state index contributed by atoms with van der Waals surface area (Å²) >= 11 is 3.52. The van der Waals surface area contributed by atoms with E-state index in [1.165, 1.54) is 0 Å². The maximum Gasteiger partial charge on any atom is 0.265 e. The molecule has 0 N–H and O–H groups in total. The maximum absolute atomic E-state index is 5.43. The van der Waals surface area contributed by atoms with Gasteiger partial charge in [0.25, 0.3) is 5.95 Å². The van der Waals surface area contributed by atoms with Crippen LogP contribution in [-0.2, 0) is 7.05 Å². The zero-order chi connectivity index (χ0) is 17.6. The van der Waals surface area contributed by atoms with Gasteiger partial charge in [-0.15, -0.1) is 0 Å². The molecule has 1 saturated heterocycles. The van der Waals surface area contributed by atoms with E-state index < -0.39 is 0 Å². The van der Waals surface area contributed by atoms with Crippen LogP contribution in [0.2, 0.25) is 0 Å². The second-order valence-corrected chi connectivity index (χ2v) is 7.15. The number of fused-ring (bicyclic) bond motifs is 1. The molecule has 1 aliphatic rings. The first-order chi connectivity index (χ1) is 12.0. The van der Waals surface area contributed by atoms with E-state index in [-0.39, 0.29) is 5.92 Å². The summed E-state index contributed by atoms with van der Waals surface area (Å²) in [6, 6.07) is 0. The van der Waals surface area contributed by atoms with E-state index >= 15 is 0 Å². The van der Waals surface area contributed by atoms with E-state index in [1.807, 2.05) is 26.0 Å². The second-order valence-electron chi connectivity index (χ2n) is 6.40. The molecule has 3 aromatic rings. The number of anilines is 2. The summed E-state index contributed by atoms with van der Waals surface area (Å²) in [6.07, 6.45) is 3.48. The van der Waals surface area contributed by atoms with Gasteiger partial charge in [0.05, 0.1) is 5.39 Å². The first kappa shape index (κ1) is 16.2. The van der Waals surface area contributed by atoms with Gasteiger partial charge in [0, 0.05) is 40.2 Å². The number of nitrogens with zero attached hydrogens (tertiary/aromatic N) is 8. The van der Waals surface area contributed by atoms with Crippen molar-refractivity contribution >= 4 is 38.7 Å². The molecule has 0 spiro atoms. The molecular formula is C15H19BrN8O. The number of hydrogen-bond donors (Lipinski definition) is 0. The van der Waals surface area contributed by atoms with Crippen LogP contribution in [0.3, 0.4) is 0 Å². The summed E-state index contributed by atoms with van der Waals surface area (Å²) in [4.78, 5) is 17.4. The Balaban J connectivity index is 1.54. The molecule has 132 valence electrons. The van der Waals surface area contributed by atoms with E-state index in [1.54, 1.807) is 11.0 Å². The second kappa shape index (κ2) is 6.25. The van der Waals surface area contributed by atoms with Crippen LogP contribution in [-0.4, -0.2) is 57.1 Å². The molecular weight excluding hydrogens is 388 g/mol. The lowest BCUT2D eigenvalue weighted by atomic mass is 9.96. The van der Waals surface area contributed by atoms with Crippen LogP contribution in [0.15, 0.2) is 15.5 Å². The van der Waals surface area contributed by atoms with E-state index in [0.717, 1.165) is 53.3 Å². The molecule has 1 aliphatic heterocycles. The monoisotopic (exact) mass is 406 g/mol. The SMILES string of the molecule is CN(C)c1noc(C2CCN(c3ncnc4c3c(Br)nn4C)CC2)n1. The largest absolute Gasteiger partial charge is 0.356 e. The Morgan fingerprint density at radius 1 is 1.24 bits per heavy atom. The molecule has 0 radical (unpaired) electrons. The van der Waals surface area contributed by atoms with Crippen molar-refractivity contribution < 1.29 is 4.52 Å². The lowest BCUT2D eigenvalue weighted by molar-refractivity contribution is 0.329. The third kappa shape index (κ3) is 2.84. The quantitative estimate of drug-likeness (QED) is 0.651. The average Bonchev–Trinajstić information content (AvgIpc) is 3.21. The zero-order valence-electron chi connectivity index (χ0n) is 14.3. The van der Waals surface area contributed by atoms with Crippen LogP contribution < -0.4 is 9.80 Å². The Hall–Kier alpha value is -2.23. The molecule has 9 nitrogen and oxygen atoms in total. The van der Waals surface area contributed by atoms with Crippen molar-refractivity contribution in [1.29, 1.82) is 0 Å². The van der Waals surface area contributed by atoms with Crippen LogP contribution in [0.5, 0.6) is 0 Å². The van der Waals surface area contributed by atoms with Crippen LogP contribution in [0.4, 0.5) is 11.8 Å². The standard InChI is InChI=1S/C15H19BrN8O/c1-22(2)15-19-14(25-21-15)9-4-6-24(7-5-9)13-10-11(16)20-23(3)12(10)17-8-18-13/h8-9H,4-7H2,1-3H3. The number of halogens is 1. The fraction of sp³-hybridized carbons (Fsp3) is 0.533. The van der Waals surface area contributed by atoms with Gasteiger partial charge in [0.1, 0.15) is 16.7 Å². The number of aromatic nitrogens is 6. The van der Waals surface area contributed by atoms with Crippen molar-refractivity contribution in [2.45, 2.75) is 18.8 Å². The lowest BCUT2D eigenvalue weighted by Crippen LogP contribution is -2.33. The molecule has 1 fully saturated rings. The molecule has 0 aromatic carbocycles. The predicted octanol–water partition coefficient (Wildman–Crippen LogP) is 1.96. The van der Waals surface area contributed by atoms with Crippen LogP contribution in [0.25, 0.3) is 11.0 Å². The molecule has 0 atom stereocenters. The summed E-state index contributed by atoms with van der Waals surface area (Å²) in [6.45, 7) is 1.75. The number of aryl methyl sites for hydroxylation is 1. The Kier molecular flexibility index (Phi) is 4.06. The highest BCUT2D eigenvalue weighted by Gasteiger charge is 2.28. The molecule has 0 amide bonds. The normalized spacial score (nSPS) is 15.9. The van der Waals surface area contributed by atoms with Crippen LogP contribution >= 0.6 is 15.9 Å². The first-order valence-corrected chi connectivity index (χ1v) is 8.93. The summed E-state index contributed by atoms with van der Waals surface area (Å²) in [5, 5.41) is 9.36. The zero-order valence-corrected chi connectivity index (χ0v) is 15.9. The van der Waals surface area contributed by atoms with Gasteiger partial charge in [0.2, 0.25) is 5.89 Å². The molecule has 3 aromatic heterocycles. The number of rotatable bonds is 3. The maximum atomic E-state index is 5.43. The van der Waals surface area contributed by atoms with Gasteiger partial charge in [0.15, 0.2) is 5.65 Å². The molecule has 0 unspecified atom stereocenters. The number of piperidine rings is 1. The van der Waals surface area contributed by atoms with Crippen molar-refractivity contribution in [3.05, 3.63) is 16.8 Å². The van der Waals surface area contributed by atoms with E-state index in [4.69, 9.17) is 4.52 Å². The third-order valence-electron chi connectivity index (χ3n) is 4.53. The summed E-state index contributed by atoms with van der Waals surface area (Å²) in [5.41, 5.74) is 0.825. The summed E-state index contributed by atoms with van der Waals surface area (Å²) in [7, 11) is 5.70. The highest BCUT2D eigenvalue weighted by atomic mass is 79.9. The molecule has 25 heavy (non-hydrogen) atoms. The van der Waals surface area contributed by atoms with Crippen LogP contribution in [0, 0.1) is 0 Å². The number of hydrogen-bond acceptors (Lipinski definition) is 8. The van der Waals surface area contributed by atoms with Crippen molar-refractivity contribution in [2.75, 3.05) is 37.0 Å². The summed E-state index contributed by atoms with van der Waals surface area (Å²) in [5.74, 6) is 2.54. The third-order valence-corrected chi connectivity index (χ3v) is 5.09. The van der Waals surface area contributed by atoms with Gasteiger partial charge in [-0.1, -0.05) is 0 Å². The van der Waals surface area contributed by atoms with Gasteiger partial charge in [-0.2, -0.15) is 10.1 Å². The Morgan fingerprint density at radius 3 is 2.68 bits per heavy atom. The molecule has 10 heteroatoms. The molecule has 0 aliphatic carbocycles. The van der Waals surface area contributed by atoms with Crippen molar-refractivity contribution in [3.63, 3.8) is 0 Å². The Morgan fingerprint density at radius 2 is 2.00 bits per heavy atom. The van der Waals surface area contributed by atoms with Crippen molar-refractivity contribution in [1.82, 2.24) is 29.9 Å². The predicted molar refractivity (Wildman–Crippen MR) is 96.8 cm³/mol. The summed E-state index contributed by atoms with van der Waals surface area (Å²) < 4.78 is 7.97. The van der Waals surface area contributed by atoms with E-state index in [0.29, 0.717) is 5.95 Å². The Bertz CT molecular complexity index is 896. The van der Waals surface area contributed by atoms with Gasteiger partial charge in [-0.05, 0) is 33.9 Å². The smallest absolute Gasteiger partial charge is 0.265 e. The van der Waals surface area contributed by atoms with Crippen molar-refractivity contribution in [3.8, 4) is 0 Å².